The highest BCUT2D eigenvalue weighted by atomic mass is 15.0. The van der Waals surface area contributed by atoms with Crippen LogP contribution in [0.5, 0.6) is 0 Å². The monoisotopic (exact) mass is 509 g/mol. The van der Waals surface area contributed by atoms with Gasteiger partial charge in [0.15, 0.2) is 0 Å². The maximum absolute atomic E-state index is 3.84. The summed E-state index contributed by atoms with van der Waals surface area (Å²) in [5, 5.41) is 7.68. The van der Waals surface area contributed by atoms with Crippen LogP contribution in [-0.2, 0) is 0 Å². The summed E-state index contributed by atoms with van der Waals surface area (Å²) in [5.74, 6) is 0. The smallest absolute Gasteiger partial charge is 0.0125 e. The van der Waals surface area contributed by atoms with Gasteiger partial charge in [-0.15, -0.1) is 0 Å². The van der Waals surface area contributed by atoms with Crippen molar-refractivity contribution < 1.29 is 0 Å². The predicted octanol–water partition coefficient (Wildman–Crippen LogP) is 11.1. The van der Waals surface area contributed by atoms with Gasteiger partial charge in [-0.1, -0.05) is 142 Å². The Labute approximate surface area is 230 Å². The minimum Gasteiger partial charge on any atom is -0.312 e. The molecule has 0 rings (SSSR count). The fourth-order valence-electron chi connectivity index (χ4n) is 5.39. The second-order valence-electron chi connectivity index (χ2n) is 13.2. The van der Waals surface area contributed by atoms with Crippen molar-refractivity contribution in [2.45, 2.75) is 207 Å². The number of unbranched alkanes of at least 4 members (excludes halogenated alkanes) is 19. The van der Waals surface area contributed by atoms with E-state index in [1.54, 1.807) is 0 Å². The normalized spacial score (nSPS) is 12.5. The lowest BCUT2D eigenvalue weighted by Crippen LogP contribution is -2.41. The molecule has 0 heterocycles. The van der Waals surface area contributed by atoms with Gasteiger partial charge < -0.3 is 10.6 Å². The predicted molar refractivity (Wildman–Crippen MR) is 166 cm³/mol. The molecule has 0 saturated carbocycles. The molecule has 0 saturated heterocycles. The standard InChI is InChI=1S/C34H72N2/c1-7-9-11-13-15-17-19-21-23-27-31-35-33(3,4)29-25-26-30-34(5,6)36-32-28-24-22-20-18-16-14-12-10-8-2/h35-36H,7-32H2,1-6H3. The maximum Gasteiger partial charge on any atom is 0.0125 e. The Morgan fingerprint density at radius 1 is 0.333 bits per heavy atom. The molecule has 0 aromatic rings. The van der Waals surface area contributed by atoms with E-state index in [9.17, 15) is 0 Å². The molecule has 0 fully saturated rings. The van der Waals surface area contributed by atoms with Gasteiger partial charge in [-0.05, 0) is 66.5 Å². The summed E-state index contributed by atoms with van der Waals surface area (Å²) in [5.41, 5.74) is 0.569. The number of hydrogen-bond donors (Lipinski definition) is 2. The van der Waals surface area contributed by atoms with Gasteiger partial charge in [0.05, 0.1) is 0 Å². The van der Waals surface area contributed by atoms with E-state index < -0.39 is 0 Å². The molecular weight excluding hydrogens is 436 g/mol. The second-order valence-corrected chi connectivity index (χ2v) is 13.2. The lowest BCUT2D eigenvalue weighted by molar-refractivity contribution is 0.313. The van der Waals surface area contributed by atoms with Gasteiger partial charge in [-0.25, -0.2) is 0 Å². The summed E-state index contributed by atoms with van der Waals surface area (Å²) >= 11 is 0. The van der Waals surface area contributed by atoms with Crippen molar-refractivity contribution >= 4 is 0 Å². The molecule has 0 aliphatic heterocycles. The van der Waals surface area contributed by atoms with Gasteiger partial charge in [0.2, 0.25) is 0 Å². The van der Waals surface area contributed by atoms with Crippen molar-refractivity contribution in [3.05, 3.63) is 0 Å². The topological polar surface area (TPSA) is 24.1 Å². The summed E-state index contributed by atoms with van der Waals surface area (Å²) in [6, 6.07) is 0. The SMILES string of the molecule is CCCCCCCCCCCCNC(C)(C)CCCCC(C)(C)NCCCCCCCCCCCC. The van der Waals surface area contributed by atoms with Crippen LogP contribution in [-0.4, -0.2) is 24.2 Å². The van der Waals surface area contributed by atoms with E-state index >= 15 is 0 Å². The first-order chi connectivity index (χ1) is 17.3. The summed E-state index contributed by atoms with van der Waals surface area (Å²) < 4.78 is 0. The van der Waals surface area contributed by atoms with Crippen LogP contribution in [0.3, 0.4) is 0 Å². The van der Waals surface area contributed by atoms with Crippen LogP contribution < -0.4 is 10.6 Å². The molecule has 0 atom stereocenters. The van der Waals surface area contributed by atoms with Gasteiger partial charge in [-0.2, -0.15) is 0 Å². The molecule has 0 amide bonds. The summed E-state index contributed by atoms with van der Waals surface area (Å²) in [7, 11) is 0. The number of nitrogens with one attached hydrogen (secondary N) is 2. The van der Waals surface area contributed by atoms with Crippen LogP contribution >= 0.6 is 0 Å². The first-order valence-corrected chi connectivity index (χ1v) is 16.8. The Morgan fingerprint density at radius 2 is 0.583 bits per heavy atom. The summed E-state index contributed by atoms with van der Waals surface area (Å²) in [6.45, 7) is 16.6. The average molecular weight is 509 g/mol. The minimum absolute atomic E-state index is 0.285. The van der Waals surface area contributed by atoms with Crippen LogP contribution in [0, 0.1) is 0 Å². The Morgan fingerprint density at radius 3 is 0.861 bits per heavy atom. The Balaban J connectivity index is 3.56. The van der Waals surface area contributed by atoms with E-state index in [1.165, 1.54) is 167 Å². The van der Waals surface area contributed by atoms with Crippen LogP contribution in [0.15, 0.2) is 0 Å². The van der Waals surface area contributed by atoms with Gasteiger partial charge >= 0.3 is 0 Å². The molecule has 0 unspecified atom stereocenters. The minimum atomic E-state index is 0.285. The maximum atomic E-state index is 3.84. The zero-order chi connectivity index (χ0) is 26.8. The fraction of sp³-hybridized carbons (Fsp3) is 1.00. The molecule has 0 aliphatic carbocycles. The Hall–Kier alpha value is -0.0800. The third-order valence-electron chi connectivity index (χ3n) is 8.12. The van der Waals surface area contributed by atoms with Crippen LogP contribution in [0.4, 0.5) is 0 Å². The Kier molecular flexibility index (Phi) is 25.2. The molecule has 0 aromatic heterocycles. The van der Waals surface area contributed by atoms with E-state index in [-0.39, 0.29) is 11.1 Å². The molecule has 2 nitrogen and oxygen atoms in total. The van der Waals surface area contributed by atoms with Gasteiger partial charge in [-0.3, -0.25) is 0 Å². The molecule has 36 heavy (non-hydrogen) atoms. The first-order valence-electron chi connectivity index (χ1n) is 16.8. The van der Waals surface area contributed by atoms with Crippen molar-refractivity contribution in [2.75, 3.05) is 13.1 Å². The van der Waals surface area contributed by atoms with Gasteiger partial charge in [0, 0.05) is 11.1 Å². The molecule has 0 radical (unpaired) electrons. The molecule has 0 spiro atoms. The summed E-state index contributed by atoms with van der Waals surface area (Å²) in [6.07, 6.45) is 33.7. The third kappa shape index (κ3) is 27.0. The zero-order valence-corrected chi connectivity index (χ0v) is 26.4. The lowest BCUT2D eigenvalue weighted by Gasteiger charge is -2.29. The highest BCUT2D eigenvalue weighted by Crippen LogP contribution is 2.19. The van der Waals surface area contributed by atoms with Crippen LogP contribution in [0.2, 0.25) is 0 Å². The largest absolute Gasteiger partial charge is 0.312 e. The van der Waals surface area contributed by atoms with Gasteiger partial charge in [0.1, 0.15) is 0 Å². The van der Waals surface area contributed by atoms with Crippen molar-refractivity contribution in [3.63, 3.8) is 0 Å². The van der Waals surface area contributed by atoms with E-state index in [1.807, 2.05) is 0 Å². The zero-order valence-electron chi connectivity index (χ0n) is 26.4. The first kappa shape index (κ1) is 35.9. The van der Waals surface area contributed by atoms with Crippen molar-refractivity contribution in [3.8, 4) is 0 Å². The molecule has 2 heteroatoms. The van der Waals surface area contributed by atoms with Crippen molar-refractivity contribution in [2.24, 2.45) is 0 Å². The highest BCUT2D eigenvalue weighted by Gasteiger charge is 2.19. The lowest BCUT2D eigenvalue weighted by atomic mass is 9.92. The molecule has 0 bridgehead atoms. The van der Waals surface area contributed by atoms with E-state index in [0.29, 0.717) is 0 Å². The highest BCUT2D eigenvalue weighted by molar-refractivity contribution is 4.80. The quantitative estimate of drug-likeness (QED) is 0.0981. The number of rotatable bonds is 29. The van der Waals surface area contributed by atoms with Crippen molar-refractivity contribution in [1.29, 1.82) is 0 Å². The van der Waals surface area contributed by atoms with Gasteiger partial charge in [0.25, 0.3) is 0 Å². The second kappa shape index (κ2) is 25.2. The Bertz CT molecular complexity index is 389. The molecule has 2 N–H and O–H groups in total. The summed E-state index contributed by atoms with van der Waals surface area (Å²) in [4.78, 5) is 0. The number of hydrogen-bond acceptors (Lipinski definition) is 2. The molecular formula is C34H72N2. The van der Waals surface area contributed by atoms with Crippen LogP contribution in [0.1, 0.15) is 196 Å². The van der Waals surface area contributed by atoms with E-state index in [4.69, 9.17) is 0 Å². The molecule has 0 aromatic carbocycles. The van der Waals surface area contributed by atoms with E-state index in [0.717, 1.165) is 0 Å². The van der Waals surface area contributed by atoms with Crippen LogP contribution in [0.25, 0.3) is 0 Å². The fourth-order valence-corrected chi connectivity index (χ4v) is 5.39. The van der Waals surface area contributed by atoms with E-state index in [2.05, 4.69) is 52.2 Å². The molecule has 218 valence electrons. The third-order valence-corrected chi connectivity index (χ3v) is 8.12. The average Bonchev–Trinajstić information content (AvgIpc) is 2.84. The van der Waals surface area contributed by atoms with Crippen molar-refractivity contribution in [1.82, 2.24) is 10.6 Å². The molecule has 0 aliphatic rings.